The standard InChI is InChI=1S/C25H31N3O4/c1-2-16-32-25(31)19-10-12-21(13-11-19)26-18-23(29)27-22-9-7-8-20(17-22)24(30)28-14-5-3-4-6-15-28/h7-13,17,26H,2-6,14-16,18H2,1H3,(H,27,29). The van der Waals surface area contributed by atoms with Crippen molar-refractivity contribution in [3.05, 3.63) is 59.7 Å². The minimum atomic E-state index is -0.356. The van der Waals surface area contributed by atoms with Crippen molar-refractivity contribution >= 4 is 29.2 Å². The first-order chi connectivity index (χ1) is 15.6. The molecular weight excluding hydrogens is 406 g/mol. The summed E-state index contributed by atoms with van der Waals surface area (Å²) in [6, 6.07) is 13.9. The number of anilines is 2. The molecule has 2 N–H and O–H groups in total. The lowest BCUT2D eigenvalue weighted by Crippen LogP contribution is -2.31. The van der Waals surface area contributed by atoms with E-state index in [1.54, 1.807) is 48.5 Å². The third-order valence-electron chi connectivity index (χ3n) is 5.30. The zero-order valence-electron chi connectivity index (χ0n) is 18.6. The minimum Gasteiger partial charge on any atom is -0.462 e. The molecule has 0 atom stereocenters. The third kappa shape index (κ3) is 6.83. The Kier molecular flexibility index (Phi) is 8.66. The van der Waals surface area contributed by atoms with Crippen molar-refractivity contribution < 1.29 is 19.1 Å². The maximum Gasteiger partial charge on any atom is 0.338 e. The molecule has 0 aliphatic carbocycles. The van der Waals surface area contributed by atoms with Gasteiger partial charge in [-0.3, -0.25) is 9.59 Å². The van der Waals surface area contributed by atoms with E-state index in [2.05, 4.69) is 10.6 Å². The lowest BCUT2D eigenvalue weighted by atomic mass is 10.1. The molecule has 2 amide bonds. The van der Waals surface area contributed by atoms with Crippen molar-refractivity contribution in [3.8, 4) is 0 Å². The van der Waals surface area contributed by atoms with Crippen molar-refractivity contribution in [1.82, 2.24) is 4.90 Å². The summed E-state index contributed by atoms with van der Waals surface area (Å²) in [5.74, 6) is -0.569. The van der Waals surface area contributed by atoms with Crippen molar-refractivity contribution in [3.63, 3.8) is 0 Å². The maximum atomic E-state index is 12.8. The van der Waals surface area contributed by atoms with Crippen LogP contribution in [0.1, 0.15) is 59.7 Å². The Morgan fingerprint density at radius 3 is 2.31 bits per heavy atom. The quantitative estimate of drug-likeness (QED) is 0.601. The van der Waals surface area contributed by atoms with Crippen molar-refractivity contribution in [2.45, 2.75) is 39.0 Å². The van der Waals surface area contributed by atoms with Gasteiger partial charge < -0.3 is 20.3 Å². The molecule has 0 spiro atoms. The van der Waals surface area contributed by atoms with Gasteiger partial charge in [0.05, 0.1) is 18.7 Å². The highest BCUT2D eigenvalue weighted by molar-refractivity contribution is 5.98. The van der Waals surface area contributed by atoms with Crippen LogP contribution in [0.25, 0.3) is 0 Å². The predicted octanol–water partition coefficient (Wildman–Crippen LogP) is 4.32. The van der Waals surface area contributed by atoms with Crippen LogP contribution in [-0.4, -0.2) is 48.9 Å². The molecule has 0 bridgehead atoms. The van der Waals surface area contributed by atoms with Crippen LogP contribution in [0.3, 0.4) is 0 Å². The first kappa shape index (κ1) is 23.3. The van der Waals surface area contributed by atoms with E-state index in [0.29, 0.717) is 23.4 Å². The topological polar surface area (TPSA) is 87.7 Å². The second-order valence-corrected chi connectivity index (χ2v) is 7.90. The van der Waals surface area contributed by atoms with Gasteiger partial charge in [0, 0.05) is 30.0 Å². The zero-order valence-corrected chi connectivity index (χ0v) is 18.6. The van der Waals surface area contributed by atoms with Gasteiger partial charge in [-0.2, -0.15) is 0 Å². The van der Waals surface area contributed by atoms with Gasteiger partial charge in [-0.1, -0.05) is 25.8 Å². The van der Waals surface area contributed by atoms with Crippen LogP contribution >= 0.6 is 0 Å². The Bertz CT molecular complexity index is 919. The average molecular weight is 438 g/mol. The Morgan fingerprint density at radius 1 is 0.906 bits per heavy atom. The van der Waals surface area contributed by atoms with E-state index in [9.17, 15) is 14.4 Å². The summed E-state index contributed by atoms with van der Waals surface area (Å²) in [4.78, 5) is 38.9. The molecule has 1 heterocycles. The first-order valence-corrected chi connectivity index (χ1v) is 11.3. The predicted molar refractivity (Wildman–Crippen MR) is 125 cm³/mol. The number of hydrogen-bond acceptors (Lipinski definition) is 5. The molecule has 1 aliphatic rings. The van der Waals surface area contributed by atoms with Crippen LogP contribution < -0.4 is 10.6 Å². The molecule has 2 aromatic carbocycles. The summed E-state index contributed by atoms with van der Waals surface area (Å²) in [6.45, 7) is 3.96. The van der Waals surface area contributed by atoms with Crippen molar-refractivity contribution in [2.75, 3.05) is 36.9 Å². The van der Waals surface area contributed by atoms with Gasteiger partial charge in [0.15, 0.2) is 0 Å². The molecule has 0 unspecified atom stereocenters. The third-order valence-corrected chi connectivity index (χ3v) is 5.30. The van der Waals surface area contributed by atoms with Crippen molar-refractivity contribution in [2.24, 2.45) is 0 Å². The second-order valence-electron chi connectivity index (χ2n) is 7.90. The Labute approximate surface area is 189 Å². The second kappa shape index (κ2) is 11.9. The van der Waals surface area contributed by atoms with Crippen LogP contribution in [0.15, 0.2) is 48.5 Å². The van der Waals surface area contributed by atoms with Gasteiger partial charge in [0.2, 0.25) is 5.91 Å². The number of esters is 1. The minimum absolute atomic E-state index is 0.0127. The number of rotatable bonds is 8. The number of likely N-dealkylation sites (tertiary alicyclic amines) is 1. The molecule has 2 aromatic rings. The van der Waals surface area contributed by atoms with E-state index >= 15 is 0 Å². The average Bonchev–Trinajstić information content (AvgIpc) is 3.11. The van der Waals surface area contributed by atoms with Crippen LogP contribution in [0.2, 0.25) is 0 Å². The zero-order chi connectivity index (χ0) is 22.8. The lowest BCUT2D eigenvalue weighted by molar-refractivity contribution is -0.114. The highest BCUT2D eigenvalue weighted by Gasteiger charge is 2.17. The fourth-order valence-electron chi connectivity index (χ4n) is 3.58. The van der Waals surface area contributed by atoms with E-state index < -0.39 is 0 Å². The van der Waals surface area contributed by atoms with E-state index in [1.165, 1.54) is 12.8 Å². The fourth-order valence-corrected chi connectivity index (χ4v) is 3.58. The molecule has 1 saturated heterocycles. The largest absolute Gasteiger partial charge is 0.462 e. The number of carbonyl (C=O) groups excluding carboxylic acids is 3. The van der Waals surface area contributed by atoms with Gasteiger partial charge in [-0.05, 0) is 61.7 Å². The van der Waals surface area contributed by atoms with Gasteiger partial charge in [0.25, 0.3) is 5.91 Å². The van der Waals surface area contributed by atoms with E-state index in [0.717, 1.165) is 38.0 Å². The molecule has 0 saturated carbocycles. The summed E-state index contributed by atoms with van der Waals surface area (Å²) in [5, 5.41) is 5.86. The Morgan fingerprint density at radius 2 is 1.62 bits per heavy atom. The summed E-state index contributed by atoms with van der Waals surface area (Å²) >= 11 is 0. The summed E-state index contributed by atoms with van der Waals surface area (Å²) in [7, 11) is 0. The Balaban J connectivity index is 1.51. The summed E-state index contributed by atoms with van der Waals surface area (Å²) < 4.78 is 5.10. The number of amides is 2. The molecule has 3 rings (SSSR count). The fraction of sp³-hybridized carbons (Fsp3) is 0.400. The molecule has 7 heteroatoms. The highest BCUT2D eigenvalue weighted by atomic mass is 16.5. The molecule has 32 heavy (non-hydrogen) atoms. The van der Waals surface area contributed by atoms with E-state index in [4.69, 9.17) is 4.74 Å². The SMILES string of the molecule is CCCOC(=O)c1ccc(NCC(=O)Nc2cccc(C(=O)N3CCCCCC3)c2)cc1. The molecule has 170 valence electrons. The number of hydrogen-bond donors (Lipinski definition) is 2. The number of carbonyl (C=O) groups is 3. The normalized spacial score (nSPS) is 13.7. The molecule has 0 radical (unpaired) electrons. The number of nitrogens with zero attached hydrogens (tertiary/aromatic N) is 1. The van der Waals surface area contributed by atoms with Gasteiger partial charge in [-0.15, -0.1) is 0 Å². The molecule has 7 nitrogen and oxygen atoms in total. The van der Waals surface area contributed by atoms with E-state index in [-0.39, 0.29) is 24.3 Å². The van der Waals surface area contributed by atoms with E-state index in [1.807, 2.05) is 11.8 Å². The number of ether oxygens (including phenoxy) is 1. The van der Waals surface area contributed by atoms with Crippen LogP contribution in [0.4, 0.5) is 11.4 Å². The molecule has 0 aromatic heterocycles. The van der Waals surface area contributed by atoms with Crippen LogP contribution in [0, 0.1) is 0 Å². The van der Waals surface area contributed by atoms with Crippen LogP contribution in [-0.2, 0) is 9.53 Å². The molecular formula is C25H31N3O4. The lowest BCUT2D eigenvalue weighted by Gasteiger charge is -2.20. The number of nitrogens with one attached hydrogen (secondary N) is 2. The first-order valence-electron chi connectivity index (χ1n) is 11.3. The highest BCUT2D eigenvalue weighted by Crippen LogP contribution is 2.17. The van der Waals surface area contributed by atoms with Gasteiger partial charge in [0.1, 0.15) is 0 Å². The summed E-state index contributed by atoms with van der Waals surface area (Å²) in [6.07, 6.45) is 5.18. The molecule has 1 fully saturated rings. The smallest absolute Gasteiger partial charge is 0.338 e. The van der Waals surface area contributed by atoms with Crippen molar-refractivity contribution in [1.29, 1.82) is 0 Å². The number of benzene rings is 2. The Hall–Kier alpha value is -3.35. The maximum absolute atomic E-state index is 12.8. The van der Waals surface area contributed by atoms with Gasteiger partial charge >= 0.3 is 5.97 Å². The van der Waals surface area contributed by atoms with Gasteiger partial charge in [-0.25, -0.2) is 4.79 Å². The van der Waals surface area contributed by atoms with Crippen LogP contribution in [0.5, 0.6) is 0 Å². The monoisotopic (exact) mass is 437 g/mol. The summed E-state index contributed by atoms with van der Waals surface area (Å²) in [5.41, 5.74) is 2.37. The molecule has 1 aliphatic heterocycles.